The minimum absolute atomic E-state index is 0.0284. The van der Waals surface area contributed by atoms with Crippen LogP contribution in [0.4, 0.5) is 0 Å². The van der Waals surface area contributed by atoms with Crippen LogP contribution in [0.1, 0.15) is 32.2 Å². The zero-order chi connectivity index (χ0) is 18.7. The van der Waals surface area contributed by atoms with Crippen LogP contribution < -0.4 is 5.56 Å². The second-order valence-electron chi connectivity index (χ2n) is 7.97. The number of hydrogen-bond donors (Lipinski definition) is 0. The summed E-state index contributed by atoms with van der Waals surface area (Å²) in [5.74, 6) is 0. The van der Waals surface area contributed by atoms with Gasteiger partial charge in [0.25, 0.3) is 5.56 Å². The van der Waals surface area contributed by atoms with Crippen molar-refractivity contribution in [3.05, 3.63) is 40.1 Å². The molecule has 26 heavy (non-hydrogen) atoms. The Morgan fingerprint density at radius 1 is 1.00 bits per heavy atom. The molecule has 0 amide bonds. The van der Waals surface area contributed by atoms with Crippen LogP contribution >= 0.6 is 0 Å². The lowest BCUT2D eigenvalue weighted by atomic mass is 9.92. The SMILES string of the molecule is Cn1ncc(CN2CCN(CCn3nc(C(C)(C)C)ccc3=O)CC2)n1. The molecule has 0 unspecified atom stereocenters. The van der Waals surface area contributed by atoms with Gasteiger partial charge in [-0.05, 0) is 6.07 Å². The molecule has 0 saturated carbocycles. The third kappa shape index (κ3) is 4.76. The summed E-state index contributed by atoms with van der Waals surface area (Å²) < 4.78 is 1.60. The Kier molecular flexibility index (Phi) is 5.52. The summed E-state index contributed by atoms with van der Waals surface area (Å²) in [6.07, 6.45) is 1.83. The zero-order valence-electron chi connectivity index (χ0n) is 16.2. The van der Waals surface area contributed by atoms with Crippen molar-refractivity contribution in [2.45, 2.75) is 39.3 Å². The summed E-state index contributed by atoms with van der Waals surface area (Å²) in [6.45, 7) is 12.6. The molecular weight excluding hydrogens is 330 g/mol. The molecule has 0 radical (unpaired) electrons. The molecule has 1 aliphatic rings. The fraction of sp³-hybridized carbons (Fsp3) is 0.667. The first kappa shape index (κ1) is 18.7. The summed E-state index contributed by atoms with van der Waals surface area (Å²) in [7, 11) is 1.84. The van der Waals surface area contributed by atoms with Crippen LogP contribution in [-0.2, 0) is 25.6 Å². The predicted molar refractivity (Wildman–Crippen MR) is 99.9 cm³/mol. The van der Waals surface area contributed by atoms with Gasteiger partial charge in [0, 0.05) is 57.8 Å². The maximum atomic E-state index is 12.1. The second-order valence-corrected chi connectivity index (χ2v) is 7.97. The first-order valence-corrected chi connectivity index (χ1v) is 9.20. The minimum atomic E-state index is -0.0542. The highest BCUT2D eigenvalue weighted by atomic mass is 16.1. The number of piperazine rings is 1. The van der Waals surface area contributed by atoms with E-state index in [-0.39, 0.29) is 11.0 Å². The Hall–Kier alpha value is -2.06. The quantitative estimate of drug-likeness (QED) is 0.774. The fourth-order valence-electron chi connectivity index (χ4n) is 3.11. The van der Waals surface area contributed by atoms with E-state index in [1.165, 1.54) is 0 Å². The van der Waals surface area contributed by atoms with Gasteiger partial charge in [-0.15, -0.1) is 0 Å². The average Bonchev–Trinajstić information content (AvgIpc) is 2.99. The Labute approximate surface area is 154 Å². The Bertz CT molecular complexity index is 781. The van der Waals surface area contributed by atoms with Gasteiger partial charge in [0.15, 0.2) is 0 Å². The second kappa shape index (κ2) is 7.67. The fourth-order valence-corrected chi connectivity index (χ4v) is 3.11. The molecule has 1 saturated heterocycles. The van der Waals surface area contributed by atoms with Crippen molar-refractivity contribution >= 4 is 0 Å². The van der Waals surface area contributed by atoms with Crippen molar-refractivity contribution in [3.63, 3.8) is 0 Å². The van der Waals surface area contributed by atoms with Crippen LogP contribution in [0.5, 0.6) is 0 Å². The molecule has 3 heterocycles. The highest BCUT2D eigenvalue weighted by Gasteiger charge is 2.19. The van der Waals surface area contributed by atoms with E-state index in [1.807, 2.05) is 19.3 Å². The Balaban J connectivity index is 1.50. The van der Waals surface area contributed by atoms with E-state index in [4.69, 9.17) is 0 Å². The molecule has 0 aromatic carbocycles. The Morgan fingerprint density at radius 2 is 1.69 bits per heavy atom. The van der Waals surface area contributed by atoms with E-state index in [0.29, 0.717) is 6.54 Å². The van der Waals surface area contributed by atoms with Crippen LogP contribution in [0.15, 0.2) is 23.1 Å². The van der Waals surface area contributed by atoms with Crippen LogP contribution in [0, 0.1) is 0 Å². The van der Waals surface area contributed by atoms with Gasteiger partial charge in [-0.3, -0.25) is 14.6 Å². The summed E-state index contributed by atoms with van der Waals surface area (Å²) >= 11 is 0. The van der Waals surface area contributed by atoms with E-state index in [2.05, 4.69) is 45.9 Å². The molecule has 0 atom stereocenters. The highest BCUT2D eigenvalue weighted by molar-refractivity contribution is 5.10. The van der Waals surface area contributed by atoms with Crippen molar-refractivity contribution < 1.29 is 0 Å². The monoisotopic (exact) mass is 359 g/mol. The summed E-state index contributed by atoms with van der Waals surface area (Å²) in [4.78, 5) is 18.5. The summed E-state index contributed by atoms with van der Waals surface area (Å²) in [6, 6.07) is 3.47. The van der Waals surface area contributed by atoms with E-state index in [1.54, 1.807) is 15.5 Å². The van der Waals surface area contributed by atoms with Crippen molar-refractivity contribution in [2.24, 2.45) is 7.05 Å². The molecule has 0 aliphatic carbocycles. The van der Waals surface area contributed by atoms with Gasteiger partial charge in [-0.25, -0.2) is 4.68 Å². The smallest absolute Gasteiger partial charge is 0.266 e. The third-order valence-corrected chi connectivity index (χ3v) is 4.76. The molecule has 0 bridgehead atoms. The standard InChI is InChI=1S/C18H29N7O/c1-18(2,3)16-5-6-17(26)25(21-16)12-11-23-7-9-24(10-8-23)14-15-13-19-22(4)20-15/h5-6,13H,7-12,14H2,1-4H3. The van der Waals surface area contributed by atoms with Crippen molar-refractivity contribution in [2.75, 3.05) is 32.7 Å². The summed E-state index contributed by atoms with van der Waals surface area (Å²) in [5.41, 5.74) is 1.88. The van der Waals surface area contributed by atoms with E-state index in [9.17, 15) is 4.79 Å². The van der Waals surface area contributed by atoms with Crippen molar-refractivity contribution in [3.8, 4) is 0 Å². The van der Waals surface area contributed by atoms with Gasteiger partial charge in [-0.2, -0.15) is 20.1 Å². The predicted octanol–water partition coefficient (Wildman–Crippen LogP) is 0.487. The summed E-state index contributed by atoms with van der Waals surface area (Å²) in [5, 5.41) is 13.0. The lowest BCUT2D eigenvalue weighted by Gasteiger charge is -2.34. The number of nitrogens with zero attached hydrogens (tertiary/aromatic N) is 7. The molecule has 2 aromatic heterocycles. The minimum Gasteiger partial charge on any atom is -0.299 e. The molecule has 0 spiro atoms. The maximum absolute atomic E-state index is 12.1. The van der Waals surface area contributed by atoms with Crippen LogP contribution in [-0.4, -0.2) is 67.3 Å². The molecule has 1 fully saturated rings. The molecule has 8 nitrogen and oxygen atoms in total. The van der Waals surface area contributed by atoms with Gasteiger partial charge < -0.3 is 0 Å². The molecule has 142 valence electrons. The number of rotatable bonds is 5. The number of hydrogen-bond acceptors (Lipinski definition) is 6. The van der Waals surface area contributed by atoms with Gasteiger partial charge >= 0.3 is 0 Å². The van der Waals surface area contributed by atoms with Gasteiger partial charge in [0.2, 0.25) is 0 Å². The lowest BCUT2D eigenvalue weighted by molar-refractivity contribution is 0.121. The topological polar surface area (TPSA) is 72.1 Å². The Morgan fingerprint density at radius 3 is 2.31 bits per heavy atom. The van der Waals surface area contributed by atoms with Gasteiger partial charge in [0.05, 0.1) is 24.1 Å². The van der Waals surface area contributed by atoms with Gasteiger partial charge in [-0.1, -0.05) is 20.8 Å². The molecule has 2 aromatic rings. The molecule has 8 heteroatoms. The maximum Gasteiger partial charge on any atom is 0.266 e. The van der Waals surface area contributed by atoms with Crippen LogP contribution in [0.2, 0.25) is 0 Å². The van der Waals surface area contributed by atoms with E-state index < -0.39 is 0 Å². The highest BCUT2D eigenvalue weighted by Crippen LogP contribution is 2.18. The number of aromatic nitrogens is 5. The van der Waals surface area contributed by atoms with Gasteiger partial charge in [0.1, 0.15) is 0 Å². The lowest BCUT2D eigenvalue weighted by Crippen LogP contribution is -2.47. The third-order valence-electron chi connectivity index (χ3n) is 4.76. The van der Waals surface area contributed by atoms with Crippen molar-refractivity contribution in [1.82, 2.24) is 34.6 Å². The zero-order valence-corrected chi connectivity index (χ0v) is 16.2. The molecular formula is C18H29N7O. The van der Waals surface area contributed by atoms with Crippen LogP contribution in [0.3, 0.4) is 0 Å². The van der Waals surface area contributed by atoms with E-state index >= 15 is 0 Å². The normalized spacial score (nSPS) is 16.9. The largest absolute Gasteiger partial charge is 0.299 e. The van der Waals surface area contributed by atoms with E-state index in [0.717, 1.165) is 50.7 Å². The van der Waals surface area contributed by atoms with Crippen molar-refractivity contribution in [1.29, 1.82) is 0 Å². The first-order valence-electron chi connectivity index (χ1n) is 9.20. The molecule has 3 rings (SSSR count). The molecule has 1 aliphatic heterocycles. The first-order chi connectivity index (χ1) is 12.3. The number of aryl methyl sites for hydroxylation is 1. The molecule has 0 N–H and O–H groups in total. The van der Waals surface area contributed by atoms with Crippen LogP contribution in [0.25, 0.3) is 0 Å². The average molecular weight is 359 g/mol.